The maximum Gasteiger partial charge on any atom is 0.408 e. The Hall–Kier alpha value is -4.13. The summed E-state index contributed by atoms with van der Waals surface area (Å²) in [5.74, 6) is -0.901. The number of alkyl carbamates (subject to hydrolysis) is 1. The summed E-state index contributed by atoms with van der Waals surface area (Å²) in [5, 5.41) is 12.1. The monoisotopic (exact) mass is 657 g/mol. The molecule has 0 saturated carbocycles. The van der Waals surface area contributed by atoms with Gasteiger partial charge >= 0.3 is 6.09 Å². The average Bonchev–Trinajstić information content (AvgIpc) is 3.66. The van der Waals surface area contributed by atoms with Crippen molar-refractivity contribution in [1.82, 2.24) is 10.2 Å². The molecule has 3 heterocycles. The Morgan fingerprint density at radius 3 is 2.40 bits per heavy atom. The van der Waals surface area contributed by atoms with Gasteiger partial charge in [0.05, 0.1) is 37.5 Å². The molecule has 3 fully saturated rings. The van der Waals surface area contributed by atoms with Gasteiger partial charge in [-0.15, -0.1) is 0 Å². The number of hydrogen-bond donors (Lipinski definition) is 2. The van der Waals surface area contributed by atoms with E-state index in [-0.39, 0.29) is 37.8 Å². The predicted octanol–water partition coefficient (Wildman–Crippen LogP) is 4.64. The Labute approximate surface area is 280 Å². The van der Waals surface area contributed by atoms with E-state index in [1.807, 2.05) is 54.6 Å². The standard InChI is InChI=1S/C37H43N3O8/c1-24-32(20-39-18-6-9-30(39)23-45-2)47-36(48-34(24)27-12-10-25(21-41)11-13-27)28-14-16-29(17-15-28)40-33(42)19-31(35(40)43)38-37(44)46-22-26-7-4-3-5-8-26/h3-5,7-8,10-17,24,30-32,34,36,41H,6,9,18-23H2,1-2H3,(H,38,44)/t24-,30+,31?,32+,34+,36+/m1/s1. The number of amides is 3. The van der Waals surface area contributed by atoms with Crippen molar-refractivity contribution in [2.45, 2.75) is 70.0 Å². The maximum absolute atomic E-state index is 13.2. The van der Waals surface area contributed by atoms with E-state index in [2.05, 4.69) is 17.1 Å². The lowest BCUT2D eigenvalue weighted by Crippen LogP contribution is -2.46. The summed E-state index contributed by atoms with van der Waals surface area (Å²) < 4.78 is 24.0. The predicted molar refractivity (Wildman–Crippen MR) is 177 cm³/mol. The second kappa shape index (κ2) is 15.4. The zero-order valence-electron chi connectivity index (χ0n) is 27.3. The van der Waals surface area contributed by atoms with Gasteiger partial charge in [0, 0.05) is 31.2 Å². The lowest BCUT2D eigenvalue weighted by Gasteiger charge is -2.43. The molecule has 0 aromatic heterocycles. The van der Waals surface area contributed by atoms with Crippen molar-refractivity contribution in [3.8, 4) is 0 Å². The summed E-state index contributed by atoms with van der Waals surface area (Å²) in [4.78, 5) is 42.1. The number of methoxy groups -OCH3 is 1. The third-order valence-electron chi connectivity index (χ3n) is 9.47. The number of aliphatic hydroxyl groups excluding tert-OH is 1. The van der Waals surface area contributed by atoms with Crippen molar-refractivity contribution in [1.29, 1.82) is 0 Å². The minimum absolute atomic E-state index is 0.0326. The Kier molecular flexibility index (Phi) is 10.8. The number of likely N-dealkylation sites (tertiary alicyclic amines) is 1. The lowest BCUT2D eigenvalue weighted by molar-refractivity contribution is -0.276. The molecule has 2 N–H and O–H groups in total. The zero-order chi connectivity index (χ0) is 33.6. The minimum Gasteiger partial charge on any atom is -0.445 e. The van der Waals surface area contributed by atoms with Crippen LogP contribution in [-0.2, 0) is 41.8 Å². The number of ether oxygens (including phenoxy) is 4. The molecule has 3 aliphatic rings. The Balaban J connectivity index is 1.15. The fourth-order valence-corrected chi connectivity index (χ4v) is 6.78. The molecule has 11 heteroatoms. The first kappa shape index (κ1) is 33.8. The van der Waals surface area contributed by atoms with Crippen molar-refractivity contribution in [3.05, 3.63) is 101 Å². The van der Waals surface area contributed by atoms with Crippen LogP contribution in [0.2, 0.25) is 0 Å². The number of aliphatic hydroxyl groups is 1. The van der Waals surface area contributed by atoms with E-state index < -0.39 is 30.2 Å². The number of carbonyl (C=O) groups is 3. The van der Waals surface area contributed by atoms with Crippen molar-refractivity contribution in [2.24, 2.45) is 5.92 Å². The van der Waals surface area contributed by atoms with E-state index in [0.717, 1.165) is 53.1 Å². The van der Waals surface area contributed by atoms with Gasteiger partial charge in [-0.05, 0) is 48.2 Å². The summed E-state index contributed by atoms with van der Waals surface area (Å²) in [6.45, 7) is 4.55. The second-order valence-electron chi connectivity index (χ2n) is 12.7. The number of imide groups is 1. The maximum atomic E-state index is 13.2. The number of benzene rings is 3. The number of hydrogen-bond acceptors (Lipinski definition) is 9. The molecule has 0 bridgehead atoms. The van der Waals surface area contributed by atoms with Gasteiger partial charge in [-0.25, -0.2) is 9.69 Å². The third kappa shape index (κ3) is 7.61. The first-order valence-corrected chi connectivity index (χ1v) is 16.5. The second-order valence-corrected chi connectivity index (χ2v) is 12.7. The van der Waals surface area contributed by atoms with Crippen LogP contribution in [0, 0.1) is 5.92 Å². The summed E-state index contributed by atoms with van der Waals surface area (Å²) >= 11 is 0. The van der Waals surface area contributed by atoms with Crippen LogP contribution in [0.4, 0.5) is 10.5 Å². The Morgan fingerprint density at radius 2 is 1.69 bits per heavy atom. The van der Waals surface area contributed by atoms with Crippen molar-refractivity contribution in [3.63, 3.8) is 0 Å². The number of carbonyl (C=O) groups excluding carboxylic acids is 3. The molecule has 3 aliphatic heterocycles. The number of rotatable bonds is 11. The number of nitrogens with one attached hydrogen (secondary N) is 1. The highest BCUT2D eigenvalue weighted by molar-refractivity contribution is 6.22. The first-order valence-electron chi connectivity index (χ1n) is 16.5. The van der Waals surface area contributed by atoms with Gasteiger partial charge in [0.1, 0.15) is 12.6 Å². The molecule has 48 heavy (non-hydrogen) atoms. The van der Waals surface area contributed by atoms with Crippen molar-refractivity contribution < 1.29 is 38.4 Å². The summed E-state index contributed by atoms with van der Waals surface area (Å²) in [7, 11) is 1.73. The molecule has 1 unspecified atom stereocenters. The van der Waals surface area contributed by atoms with E-state index in [4.69, 9.17) is 18.9 Å². The van der Waals surface area contributed by atoms with Gasteiger partial charge in [0.25, 0.3) is 5.91 Å². The first-order chi connectivity index (χ1) is 23.3. The highest BCUT2D eigenvalue weighted by Crippen LogP contribution is 2.42. The van der Waals surface area contributed by atoms with Crippen LogP contribution >= 0.6 is 0 Å². The smallest absolute Gasteiger partial charge is 0.408 e. The van der Waals surface area contributed by atoms with Crippen LogP contribution in [0.3, 0.4) is 0 Å². The quantitative estimate of drug-likeness (QED) is 0.284. The van der Waals surface area contributed by atoms with Crippen LogP contribution in [0.15, 0.2) is 78.9 Å². The van der Waals surface area contributed by atoms with E-state index in [1.54, 1.807) is 31.4 Å². The molecular weight excluding hydrogens is 614 g/mol. The van der Waals surface area contributed by atoms with Crippen LogP contribution in [0.5, 0.6) is 0 Å². The summed E-state index contributed by atoms with van der Waals surface area (Å²) in [6.07, 6.45) is 0.180. The molecule has 0 radical (unpaired) electrons. The highest BCUT2D eigenvalue weighted by atomic mass is 16.7. The van der Waals surface area contributed by atoms with Crippen LogP contribution in [0.1, 0.15) is 60.8 Å². The number of nitrogens with zero attached hydrogens (tertiary/aromatic N) is 2. The van der Waals surface area contributed by atoms with Gasteiger partial charge in [0.2, 0.25) is 5.91 Å². The molecule has 6 rings (SSSR count). The minimum atomic E-state index is -1.02. The van der Waals surface area contributed by atoms with Gasteiger partial charge in [0.15, 0.2) is 6.29 Å². The molecule has 3 aromatic rings. The molecule has 11 nitrogen and oxygen atoms in total. The van der Waals surface area contributed by atoms with Gasteiger partial charge < -0.3 is 29.4 Å². The van der Waals surface area contributed by atoms with E-state index in [9.17, 15) is 19.5 Å². The fourth-order valence-electron chi connectivity index (χ4n) is 6.78. The fraction of sp³-hybridized carbons (Fsp3) is 0.432. The molecule has 3 aromatic carbocycles. The average molecular weight is 658 g/mol. The molecule has 254 valence electrons. The molecule has 0 spiro atoms. The Bertz CT molecular complexity index is 1550. The summed E-state index contributed by atoms with van der Waals surface area (Å²) in [6, 6.07) is 23.3. The molecular formula is C37H43N3O8. The summed E-state index contributed by atoms with van der Waals surface area (Å²) in [5.41, 5.74) is 3.78. The molecule has 0 aliphatic carbocycles. The largest absolute Gasteiger partial charge is 0.445 e. The van der Waals surface area contributed by atoms with Crippen LogP contribution in [-0.4, -0.2) is 72.9 Å². The molecule has 3 amide bonds. The molecule has 6 atom stereocenters. The van der Waals surface area contributed by atoms with E-state index >= 15 is 0 Å². The third-order valence-corrected chi connectivity index (χ3v) is 9.47. The van der Waals surface area contributed by atoms with Gasteiger partial charge in [-0.3, -0.25) is 14.5 Å². The van der Waals surface area contributed by atoms with E-state index in [0.29, 0.717) is 18.3 Å². The molecule has 3 saturated heterocycles. The number of anilines is 1. The van der Waals surface area contributed by atoms with Gasteiger partial charge in [-0.2, -0.15) is 0 Å². The lowest BCUT2D eigenvalue weighted by atomic mass is 9.90. The van der Waals surface area contributed by atoms with Crippen LogP contribution < -0.4 is 10.2 Å². The van der Waals surface area contributed by atoms with Gasteiger partial charge in [-0.1, -0.05) is 73.7 Å². The van der Waals surface area contributed by atoms with Crippen molar-refractivity contribution >= 4 is 23.6 Å². The topological polar surface area (TPSA) is 127 Å². The zero-order valence-corrected chi connectivity index (χ0v) is 27.3. The van der Waals surface area contributed by atoms with E-state index in [1.165, 1.54) is 0 Å². The highest BCUT2D eigenvalue weighted by Gasteiger charge is 2.42. The van der Waals surface area contributed by atoms with Crippen molar-refractivity contribution in [2.75, 3.05) is 31.7 Å². The SMILES string of the molecule is COC[C@@H]1CCCN1C[C@@H]1O[C@H](c2ccc(N3C(=O)CC(NC(=O)OCc4ccccc4)C3=O)cc2)O[C@H](c2ccc(CO)cc2)[C@@H]1C. The normalized spacial score (nSPS) is 26.2. The Morgan fingerprint density at radius 1 is 0.958 bits per heavy atom. The van der Waals surface area contributed by atoms with Crippen LogP contribution in [0.25, 0.3) is 0 Å².